The first kappa shape index (κ1) is 17.0. The van der Waals surface area contributed by atoms with Crippen LogP contribution < -0.4 is 10.6 Å². The van der Waals surface area contributed by atoms with E-state index in [0.717, 1.165) is 36.4 Å². The second kappa shape index (κ2) is 8.29. The normalized spacial score (nSPS) is 10.6. The lowest BCUT2D eigenvalue weighted by molar-refractivity contribution is 0.102. The van der Waals surface area contributed by atoms with Gasteiger partial charge in [0.15, 0.2) is 0 Å². The first-order chi connectivity index (χ1) is 11.0. The molecule has 122 valence electrons. The van der Waals surface area contributed by atoms with Gasteiger partial charge in [-0.1, -0.05) is 12.1 Å². The Labute approximate surface area is 137 Å². The summed E-state index contributed by atoms with van der Waals surface area (Å²) < 4.78 is 0. The van der Waals surface area contributed by atoms with Crippen molar-refractivity contribution in [2.45, 2.75) is 13.3 Å². The second-order valence-electron chi connectivity index (χ2n) is 5.84. The highest BCUT2D eigenvalue weighted by molar-refractivity contribution is 6.02. The summed E-state index contributed by atoms with van der Waals surface area (Å²) in [4.78, 5) is 18.6. The molecule has 2 rings (SSSR count). The minimum atomic E-state index is -0.199. The Bertz CT molecular complexity index is 638. The zero-order valence-corrected chi connectivity index (χ0v) is 14.0. The molecule has 0 aliphatic carbocycles. The molecule has 0 saturated carbocycles. The molecule has 2 aromatic rings. The maximum atomic E-state index is 12.2. The molecule has 0 spiro atoms. The molecular formula is C18H24N4O. The summed E-state index contributed by atoms with van der Waals surface area (Å²) in [5.41, 5.74) is 3.22. The Morgan fingerprint density at radius 2 is 2.00 bits per heavy atom. The van der Waals surface area contributed by atoms with E-state index in [-0.39, 0.29) is 5.91 Å². The van der Waals surface area contributed by atoms with E-state index in [1.165, 1.54) is 0 Å². The number of carbonyl (C=O) groups is 1. The molecular weight excluding hydrogens is 288 g/mol. The number of amides is 1. The summed E-state index contributed by atoms with van der Waals surface area (Å²) in [5, 5.41) is 6.16. The van der Waals surface area contributed by atoms with Crippen molar-refractivity contribution in [3.05, 3.63) is 53.9 Å². The van der Waals surface area contributed by atoms with Crippen LogP contribution in [0.4, 0.5) is 11.4 Å². The van der Waals surface area contributed by atoms with Gasteiger partial charge in [-0.15, -0.1) is 0 Å². The summed E-state index contributed by atoms with van der Waals surface area (Å²) in [6.45, 7) is 3.91. The van der Waals surface area contributed by atoms with Gasteiger partial charge in [-0.25, -0.2) is 4.98 Å². The van der Waals surface area contributed by atoms with Crippen molar-refractivity contribution in [1.82, 2.24) is 9.88 Å². The Kier molecular flexibility index (Phi) is 6.11. The van der Waals surface area contributed by atoms with Crippen LogP contribution in [0.3, 0.4) is 0 Å². The fourth-order valence-electron chi connectivity index (χ4n) is 2.18. The summed E-state index contributed by atoms with van der Waals surface area (Å²) in [6, 6.07) is 11.3. The number of anilines is 2. The number of pyridine rings is 1. The quantitative estimate of drug-likeness (QED) is 0.772. The number of hydrogen-bond donors (Lipinski definition) is 2. The summed E-state index contributed by atoms with van der Waals surface area (Å²) in [7, 11) is 4.12. The number of rotatable bonds is 7. The van der Waals surface area contributed by atoms with E-state index in [0.29, 0.717) is 5.69 Å². The predicted molar refractivity (Wildman–Crippen MR) is 95.0 cm³/mol. The molecule has 1 aromatic heterocycles. The van der Waals surface area contributed by atoms with Gasteiger partial charge in [0, 0.05) is 12.2 Å². The molecule has 1 heterocycles. The summed E-state index contributed by atoms with van der Waals surface area (Å²) in [6.07, 6.45) is 2.75. The van der Waals surface area contributed by atoms with Crippen LogP contribution in [-0.4, -0.2) is 43.0 Å². The number of nitrogens with one attached hydrogen (secondary N) is 2. The van der Waals surface area contributed by atoms with Crippen LogP contribution in [0.1, 0.15) is 22.5 Å². The lowest BCUT2D eigenvalue weighted by atomic mass is 10.2. The number of benzene rings is 1. The van der Waals surface area contributed by atoms with E-state index >= 15 is 0 Å². The van der Waals surface area contributed by atoms with Gasteiger partial charge in [0.05, 0.1) is 11.9 Å². The third-order valence-electron chi connectivity index (χ3n) is 3.38. The van der Waals surface area contributed by atoms with E-state index in [2.05, 4.69) is 34.6 Å². The van der Waals surface area contributed by atoms with E-state index < -0.39 is 0 Å². The molecule has 2 N–H and O–H groups in total. The monoisotopic (exact) mass is 312 g/mol. The molecule has 0 unspecified atom stereocenters. The topological polar surface area (TPSA) is 57.3 Å². The molecule has 23 heavy (non-hydrogen) atoms. The highest BCUT2D eigenvalue weighted by atomic mass is 16.1. The van der Waals surface area contributed by atoms with Crippen molar-refractivity contribution in [3.63, 3.8) is 0 Å². The highest BCUT2D eigenvalue weighted by Crippen LogP contribution is 2.12. The van der Waals surface area contributed by atoms with Crippen molar-refractivity contribution in [1.29, 1.82) is 0 Å². The van der Waals surface area contributed by atoms with Crippen molar-refractivity contribution in [2.75, 3.05) is 37.8 Å². The molecule has 0 aliphatic rings. The van der Waals surface area contributed by atoms with E-state index in [1.54, 1.807) is 12.3 Å². The minimum absolute atomic E-state index is 0.199. The fraction of sp³-hybridized carbons (Fsp3) is 0.333. The third-order valence-corrected chi connectivity index (χ3v) is 3.38. The number of nitrogens with zero attached hydrogens (tertiary/aromatic N) is 2. The van der Waals surface area contributed by atoms with Crippen LogP contribution in [-0.2, 0) is 0 Å². The molecule has 5 heteroatoms. The summed E-state index contributed by atoms with van der Waals surface area (Å²) >= 11 is 0. The Morgan fingerprint density at radius 3 is 2.65 bits per heavy atom. The molecule has 1 aromatic carbocycles. The van der Waals surface area contributed by atoms with Gasteiger partial charge in [-0.2, -0.15) is 0 Å². The van der Waals surface area contributed by atoms with Crippen LogP contribution in [0.5, 0.6) is 0 Å². The van der Waals surface area contributed by atoms with Crippen LogP contribution in [0, 0.1) is 6.92 Å². The molecule has 1 amide bonds. The van der Waals surface area contributed by atoms with Gasteiger partial charge in [-0.3, -0.25) is 4.79 Å². The van der Waals surface area contributed by atoms with Crippen molar-refractivity contribution in [2.24, 2.45) is 0 Å². The van der Waals surface area contributed by atoms with Crippen LogP contribution in [0.2, 0.25) is 0 Å². The van der Waals surface area contributed by atoms with Crippen LogP contribution >= 0.6 is 0 Å². The van der Waals surface area contributed by atoms with Gasteiger partial charge >= 0.3 is 0 Å². The van der Waals surface area contributed by atoms with Gasteiger partial charge < -0.3 is 15.5 Å². The fourth-order valence-corrected chi connectivity index (χ4v) is 2.18. The third kappa shape index (κ3) is 5.71. The SMILES string of the molecule is Cc1cccc(NC(=O)c2ccc(NCCCN(C)C)cn2)c1. The van der Waals surface area contributed by atoms with Crippen molar-refractivity contribution in [3.8, 4) is 0 Å². The van der Waals surface area contributed by atoms with Gasteiger partial charge in [0.25, 0.3) is 5.91 Å². The van der Waals surface area contributed by atoms with E-state index in [1.807, 2.05) is 37.3 Å². The molecule has 0 aliphatic heterocycles. The van der Waals surface area contributed by atoms with Gasteiger partial charge in [0.1, 0.15) is 5.69 Å². The van der Waals surface area contributed by atoms with E-state index in [9.17, 15) is 4.79 Å². The summed E-state index contributed by atoms with van der Waals surface area (Å²) in [5.74, 6) is -0.199. The number of hydrogen-bond acceptors (Lipinski definition) is 4. The zero-order chi connectivity index (χ0) is 16.7. The van der Waals surface area contributed by atoms with Crippen LogP contribution in [0.25, 0.3) is 0 Å². The Balaban J connectivity index is 1.87. The molecule has 0 fully saturated rings. The van der Waals surface area contributed by atoms with Crippen molar-refractivity contribution >= 4 is 17.3 Å². The molecule has 0 bridgehead atoms. The van der Waals surface area contributed by atoms with Gasteiger partial charge in [0.2, 0.25) is 0 Å². The first-order valence-corrected chi connectivity index (χ1v) is 7.77. The lowest BCUT2D eigenvalue weighted by Crippen LogP contribution is -2.16. The Hall–Kier alpha value is -2.40. The molecule has 5 nitrogen and oxygen atoms in total. The first-order valence-electron chi connectivity index (χ1n) is 7.77. The standard InChI is InChI=1S/C18H24N4O/c1-14-6-4-7-15(12-14)21-18(23)17-9-8-16(13-20-17)19-10-5-11-22(2)3/h4,6-9,12-13,19H,5,10-11H2,1-3H3,(H,21,23). The van der Waals surface area contributed by atoms with Crippen molar-refractivity contribution < 1.29 is 4.79 Å². The maximum absolute atomic E-state index is 12.2. The minimum Gasteiger partial charge on any atom is -0.384 e. The number of aromatic nitrogens is 1. The molecule has 0 radical (unpaired) electrons. The molecule has 0 atom stereocenters. The maximum Gasteiger partial charge on any atom is 0.274 e. The second-order valence-corrected chi connectivity index (χ2v) is 5.84. The lowest BCUT2D eigenvalue weighted by Gasteiger charge is -2.10. The average molecular weight is 312 g/mol. The smallest absolute Gasteiger partial charge is 0.274 e. The van der Waals surface area contributed by atoms with Crippen LogP contribution in [0.15, 0.2) is 42.6 Å². The zero-order valence-electron chi connectivity index (χ0n) is 14.0. The predicted octanol–water partition coefficient (Wildman–Crippen LogP) is 3.01. The molecule has 0 saturated heterocycles. The average Bonchev–Trinajstić information content (AvgIpc) is 2.52. The highest BCUT2D eigenvalue weighted by Gasteiger charge is 2.07. The number of carbonyl (C=O) groups excluding carboxylic acids is 1. The van der Waals surface area contributed by atoms with Gasteiger partial charge in [-0.05, 0) is 63.8 Å². The largest absolute Gasteiger partial charge is 0.384 e. The van der Waals surface area contributed by atoms with E-state index in [4.69, 9.17) is 0 Å². The Morgan fingerprint density at radius 1 is 1.17 bits per heavy atom. The number of aryl methyl sites for hydroxylation is 1.